The van der Waals surface area contributed by atoms with Crippen molar-refractivity contribution in [3.63, 3.8) is 0 Å². The molecule has 3 aromatic rings. The number of aryl methyl sites for hydroxylation is 2. The van der Waals surface area contributed by atoms with Crippen LogP contribution in [0.5, 0.6) is 0 Å². The first-order chi connectivity index (χ1) is 12.6. The summed E-state index contributed by atoms with van der Waals surface area (Å²) >= 11 is 0. The van der Waals surface area contributed by atoms with Gasteiger partial charge in [-0.05, 0) is 50.6 Å². The molecule has 1 atom stereocenters. The van der Waals surface area contributed by atoms with Crippen LogP contribution in [0.15, 0.2) is 58.2 Å². The maximum Gasteiger partial charge on any atom is 0.191 e. The van der Waals surface area contributed by atoms with E-state index < -0.39 is 0 Å². The fourth-order valence-electron chi connectivity index (χ4n) is 2.88. The topological polar surface area (TPSA) is 67.4 Å². The van der Waals surface area contributed by atoms with Gasteiger partial charge in [0.15, 0.2) is 5.96 Å². The fourth-order valence-corrected chi connectivity index (χ4v) is 2.88. The van der Waals surface area contributed by atoms with E-state index in [9.17, 15) is 0 Å². The number of hydrogen-bond acceptors (Lipinski definition) is 3. The summed E-state index contributed by atoms with van der Waals surface area (Å²) in [5, 5.41) is 11.1. The molecule has 0 spiro atoms. The number of aromatic nitrogens is 2. The van der Waals surface area contributed by atoms with Crippen LogP contribution < -0.4 is 10.6 Å². The molecule has 2 aromatic heterocycles. The molecule has 0 bridgehead atoms. The second-order valence-corrected chi connectivity index (χ2v) is 6.28. The fraction of sp³-hybridized carbons (Fsp3) is 0.300. The van der Waals surface area contributed by atoms with Crippen molar-refractivity contribution in [1.29, 1.82) is 0 Å². The van der Waals surface area contributed by atoms with Crippen molar-refractivity contribution >= 4 is 5.96 Å². The van der Waals surface area contributed by atoms with E-state index in [1.807, 2.05) is 49.0 Å². The first-order valence-electron chi connectivity index (χ1n) is 8.70. The quantitative estimate of drug-likeness (QED) is 0.545. The normalized spacial score (nSPS) is 12.8. The molecule has 1 aromatic carbocycles. The molecule has 3 rings (SSSR count). The van der Waals surface area contributed by atoms with E-state index in [0.717, 1.165) is 34.3 Å². The summed E-state index contributed by atoms with van der Waals surface area (Å²) in [5.41, 5.74) is 3.34. The van der Waals surface area contributed by atoms with Gasteiger partial charge in [-0.25, -0.2) is 4.68 Å². The number of rotatable bonds is 5. The molecule has 0 fully saturated rings. The summed E-state index contributed by atoms with van der Waals surface area (Å²) in [6, 6.07) is 12.4. The van der Waals surface area contributed by atoms with E-state index in [0.29, 0.717) is 6.54 Å². The van der Waals surface area contributed by atoms with E-state index in [2.05, 4.69) is 39.8 Å². The van der Waals surface area contributed by atoms with Gasteiger partial charge in [-0.15, -0.1) is 0 Å². The summed E-state index contributed by atoms with van der Waals surface area (Å²) in [6.07, 6.45) is 3.71. The highest BCUT2D eigenvalue weighted by Gasteiger charge is 2.10. The Labute approximate surface area is 153 Å². The molecule has 2 N–H and O–H groups in total. The molecule has 2 heterocycles. The molecular weight excluding hydrogens is 326 g/mol. The van der Waals surface area contributed by atoms with Gasteiger partial charge in [-0.1, -0.05) is 12.1 Å². The van der Waals surface area contributed by atoms with E-state index >= 15 is 0 Å². The Hall–Kier alpha value is -3.02. The number of nitrogens with zero attached hydrogens (tertiary/aromatic N) is 3. The Morgan fingerprint density at radius 1 is 1.27 bits per heavy atom. The Morgan fingerprint density at radius 2 is 2.12 bits per heavy atom. The highest BCUT2D eigenvalue weighted by Crippen LogP contribution is 2.17. The summed E-state index contributed by atoms with van der Waals surface area (Å²) in [6.45, 7) is 6.72. The van der Waals surface area contributed by atoms with Crippen LogP contribution in [0.2, 0.25) is 0 Å². The Morgan fingerprint density at radius 3 is 2.77 bits per heavy atom. The molecule has 0 saturated heterocycles. The zero-order valence-electron chi connectivity index (χ0n) is 15.7. The third-order valence-corrected chi connectivity index (χ3v) is 4.31. The molecule has 0 aliphatic rings. The maximum atomic E-state index is 5.57. The largest absolute Gasteiger partial charge is 0.466 e. The number of benzene rings is 1. The minimum Gasteiger partial charge on any atom is -0.466 e. The van der Waals surface area contributed by atoms with Gasteiger partial charge in [0.2, 0.25) is 0 Å². The minimum atomic E-state index is 0.101. The van der Waals surface area contributed by atoms with Gasteiger partial charge in [0.1, 0.15) is 11.5 Å². The van der Waals surface area contributed by atoms with Crippen LogP contribution in [0.4, 0.5) is 0 Å². The van der Waals surface area contributed by atoms with Crippen molar-refractivity contribution in [3.05, 3.63) is 71.4 Å². The summed E-state index contributed by atoms with van der Waals surface area (Å²) in [5.74, 6) is 2.61. The van der Waals surface area contributed by atoms with Crippen LogP contribution >= 0.6 is 0 Å². The zero-order valence-corrected chi connectivity index (χ0v) is 15.7. The van der Waals surface area contributed by atoms with Crippen LogP contribution in [0.3, 0.4) is 0 Å². The van der Waals surface area contributed by atoms with Crippen LogP contribution in [-0.4, -0.2) is 22.8 Å². The van der Waals surface area contributed by atoms with Gasteiger partial charge in [0.25, 0.3) is 0 Å². The lowest BCUT2D eigenvalue weighted by Crippen LogP contribution is -2.38. The average molecular weight is 351 g/mol. The highest BCUT2D eigenvalue weighted by atomic mass is 16.3. The predicted octanol–water partition coefficient (Wildman–Crippen LogP) is 3.51. The van der Waals surface area contributed by atoms with Gasteiger partial charge < -0.3 is 15.1 Å². The van der Waals surface area contributed by atoms with Crippen molar-refractivity contribution in [2.75, 3.05) is 7.05 Å². The second kappa shape index (κ2) is 7.91. The van der Waals surface area contributed by atoms with Crippen molar-refractivity contribution in [2.24, 2.45) is 4.99 Å². The van der Waals surface area contributed by atoms with Gasteiger partial charge in [-0.3, -0.25) is 4.99 Å². The Bertz CT molecular complexity index is 880. The first kappa shape index (κ1) is 17.8. The monoisotopic (exact) mass is 351 g/mol. The third-order valence-electron chi connectivity index (χ3n) is 4.31. The van der Waals surface area contributed by atoms with Crippen LogP contribution in [0, 0.1) is 13.8 Å². The van der Waals surface area contributed by atoms with Crippen molar-refractivity contribution < 1.29 is 4.42 Å². The average Bonchev–Trinajstić information content (AvgIpc) is 3.28. The number of furan rings is 1. The minimum absolute atomic E-state index is 0.101. The van der Waals surface area contributed by atoms with Gasteiger partial charge in [0, 0.05) is 31.5 Å². The molecule has 0 aliphatic carbocycles. The number of hydrogen-bond donors (Lipinski definition) is 2. The van der Waals surface area contributed by atoms with Crippen molar-refractivity contribution in [1.82, 2.24) is 20.4 Å². The van der Waals surface area contributed by atoms with E-state index in [1.54, 1.807) is 13.2 Å². The number of guanidine groups is 1. The molecule has 0 amide bonds. The summed E-state index contributed by atoms with van der Waals surface area (Å²) < 4.78 is 7.43. The molecule has 1 unspecified atom stereocenters. The smallest absolute Gasteiger partial charge is 0.191 e. The number of nitrogens with one attached hydrogen (secondary N) is 2. The van der Waals surface area contributed by atoms with E-state index in [1.165, 1.54) is 0 Å². The van der Waals surface area contributed by atoms with Gasteiger partial charge >= 0.3 is 0 Å². The Kier molecular flexibility index (Phi) is 5.41. The molecule has 136 valence electrons. The third kappa shape index (κ3) is 4.14. The van der Waals surface area contributed by atoms with E-state index in [-0.39, 0.29) is 6.04 Å². The van der Waals surface area contributed by atoms with Crippen molar-refractivity contribution in [2.45, 2.75) is 33.4 Å². The molecule has 0 aliphatic heterocycles. The molecule has 26 heavy (non-hydrogen) atoms. The lowest BCUT2D eigenvalue weighted by Gasteiger charge is -2.19. The summed E-state index contributed by atoms with van der Waals surface area (Å²) in [7, 11) is 1.77. The standard InChI is InChI=1S/C20H25N5O/c1-14-11-18(16(3)26-14)13-22-20(21-4)24-15(2)17-7-5-8-19(12-17)25-10-6-9-23-25/h5-12,15H,13H2,1-4H3,(H2,21,22,24). The molecule has 0 radical (unpaired) electrons. The number of aliphatic imine (C=N–C) groups is 1. The maximum absolute atomic E-state index is 5.57. The van der Waals surface area contributed by atoms with Gasteiger partial charge in [-0.2, -0.15) is 5.10 Å². The molecule has 6 heteroatoms. The molecule has 0 saturated carbocycles. The SMILES string of the molecule is CN=C(NCc1cc(C)oc1C)NC(C)c1cccc(-n2cccn2)c1. The predicted molar refractivity (Wildman–Crippen MR) is 103 cm³/mol. The first-order valence-corrected chi connectivity index (χ1v) is 8.70. The van der Waals surface area contributed by atoms with Crippen LogP contribution in [0.25, 0.3) is 5.69 Å². The van der Waals surface area contributed by atoms with Crippen LogP contribution in [0.1, 0.15) is 35.6 Å². The van der Waals surface area contributed by atoms with Crippen molar-refractivity contribution in [3.8, 4) is 5.69 Å². The molecule has 6 nitrogen and oxygen atoms in total. The lowest BCUT2D eigenvalue weighted by molar-refractivity contribution is 0.500. The molecular formula is C20H25N5O. The van der Waals surface area contributed by atoms with E-state index in [4.69, 9.17) is 4.42 Å². The highest BCUT2D eigenvalue weighted by molar-refractivity contribution is 5.80. The lowest BCUT2D eigenvalue weighted by atomic mass is 10.1. The van der Waals surface area contributed by atoms with Crippen LogP contribution in [-0.2, 0) is 6.54 Å². The summed E-state index contributed by atoms with van der Waals surface area (Å²) in [4.78, 5) is 4.32. The zero-order chi connectivity index (χ0) is 18.5. The second-order valence-electron chi connectivity index (χ2n) is 6.28. The Balaban J connectivity index is 1.65. The van der Waals surface area contributed by atoms with Gasteiger partial charge in [0.05, 0.1) is 11.7 Å².